The molecule has 0 aliphatic rings. The molecule has 11 nitrogen and oxygen atoms in total. The molecule has 0 heterocycles. The van der Waals surface area contributed by atoms with Gasteiger partial charge in [-0.3, -0.25) is 24.4 Å². The van der Waals surface area contributed by atoms with E-state index in [0.29, 0.717) is 25.7 Å². The summed E-state index contributed by atoms with van der Waals surface area (Å²) in [4.78, 5) is 44.8. The number of halogens is 1. The Morgan fingerprint density at radius 2 is 0.952 bits per heavy atom. The molecule has 0 unspecified atom stereocenters. The number of esters is 1. The van der Waals surface area contributed by atoms with Crippen molar-refractivity contribution in [2.75, 3.05) is 17.7 Å². The van der Waals surface area contributed by atoms with Gasteiger partial charge in [-0.25, -0.2) is 11.4 Å². The number of hydroxylamine groups is 1. The van der Waals surface area contributed by atoms with Crippen molar-refractivity contribution in [3.05, 3.63) is 60.7 Å². The Balaban J connectivity index is -0.000000654. The van der Waals surface area contributed by atoms with E-state index >= 15 is 0 Å². The molecule has 12 heteroatoms. The van der Waals surface area contributed by atoms with Gasteiger partial charge in [0.2, 0.25) is 17.7 Å². The van der Waals surface area contributed by atoms with Crippen LogP contribution in [0.3, 0.4) is 0 Å². The molecule has 238 valence electrons. The van der Waals surface area contributed by atoms with Gasteiger partial charge in [-0.05, 0) is 49.9 Å². The van der Waals surface area contributed by atoms with Crippen molar-refractivity contribution < 1.29 is 34.3 Å². The number of methoxy groups -OCH3 is 1. The summed E-state index contributed by atoms with van der Waals surface area (Å²) in [6, 6.07) is 18.8. The van der Waals surface area contributed by atoms with Crippen molar-refractivity contribution in [2.24, 2.45) is 5.90 Å². The van der Waals surface area contributed by atoms with Crippen LogP contribution in [0.4, 0.5) is 11.4 Å². The highest BCUT2D eigenvalue weighted by molar-refractivity contribution is 5.91. The lowest BCUT2D eigenvalue weighted by Gasteiger charge is -2.04. The SMILES string of the molecule is C.COC(=O)CCCCCCC(=O)Nc1ccccc1.Cl.NO.O=C(CCCCCCC(=O)Nc1ccccc1)NO. The molecule has 2 rings (SSSR count). The Morgan fingerprint density at radius 3 is 1.29 bits per heavy atom. The van der Waals surface area contributed by atoms with Gasteiger partial charge in [0.05, 0.1) is 7.11 Å². The third-order valence-corrected chi connectivity index (χ3v) is 5.56. The van der Waals surface area contributed by atoms with Gasteiger partial charge in [-0.1, -0.05) is 69.5 Å². The van der Waals surface area contributed by atoms with E-state index in [2.05, 4.69) is 21.3 Å². The highest BCUT2D eigenvalue weighted by Crippen LogP contribution is 2.10. The smallest absolute Gasteiger partial charge is 0.305 e. The zero-order valence-corrected chi connectivity index (χ0v) is 24.5. The van der Waals surface area contributed by atoms with Crippen molar-refractivity contribution in [3.63, 3.8) is 0 Å². The van der Waals surface area contributed by atoms with Crippen molar-refractivity contribution >= 4 is 47.5 Å². The van der Waals surface area contributed by atoms with Crippen LogP contribution in [-0.4, -0.2) is 41.2 Å². The van der Waals surface area contributed by atoms with Gasteiger partial charge in [0, 0.05) is 37.1 Å². The molecule has 0 aliphatic heterocycles. The molecule has 7 N–H and O–H groups in total. The number of unbranched alkanes of at least 4 members (excludes halogenated alkanes) is 6. The first kappa shape index (κ1) is 43.0. The second-order valence-electron chi connectivity index (χ2n) is 8.77. The largest absolute Gasteiger partial charge is 0.469 e. The molecule has 0 saturated heterocycles. The highest BCUT2D eigenvalue weighted by atomic mass is 35.5. The Labute approximate surface area is 255 Å². The Bertz CT molecular complexity index is 874. The molecule has 0 radical (unpaired) electrons. The number of benzene rings is 2. The van der Waals surface area contributed by atoms with Crippen LogP contribution < -0.4 is 22.0 Å². The third-order valence-electron chi connectivity index (χ3n) is 5.56. The van der Waals surface area contributed by atoms with Crippen LogP contribution in [0.5, 0.6) is 0 Å². The van der Waals surface area contributed by atoms with E-state index in [1.54, 1.807) is 5.48 Å². The van der Waals surface area contributed by atoms with Crippen LogP contribution in [0.2, 0.25) is 0 Å². The Morgan fingerprint density at radius 1 is 0.619 bits per heavy atom. The average Bonchev–Trinajstić information content (AvgIpc) is 2.98. The molecule has 3 amide bonds. The van der Waals surface area contributed by atoms with E-state index in [-0.39, 0.29) is 43.5 Å². The number of anilines is 2. The first-order valence-corrected chi connectivity index (χ1v) is 13.4. The highest BCUT2D eigenvalue weighted by Gasteiger charge is 2.04. The fourth-order valence-corrected chi connectivity index (χ4v) is 3.48. The monoisotopic (exact) mass is 612 g/mol. The first-order valence-electron chi connectivity index (χ1n) is 13.4. The summed E-state index contributed by atoms with van der Waals surface area (Å²) in [5, 5.41) is 20.5. The number of nitrogens with one attached hydrogen (secondary N) is 3. The van der Waals surface area contributed by atoms with E-state index in [4.69, 9.17) is 10.4 Å². The summed E-state index contributed by atoms with van der Waals surface area (Å²) < 4.78 is 4.56. The maximum atomic E-state index is 11.6. The molecule has 0 atom stereocenters. The molecule has 0 fully saturated rings. The molecule has 0 bridgehead atoms. The predicted octanol–water partition coefficient (Wildman–Crippen LogP) is 6.00. The van der Waals surface area contributed by atoms with E-state index < -0.39 is 0 Å². The van der Waals surface area contributed by atoms with Gasteiger partial charge in [-0.15, -0.1) is 12.4 Å². The molecular formula is C30H49ClN4O7. The van der Waals surface area contributed by atoms with Crippen LogP contribution in [0.25, 0.3) is 0 Å². The van der Waals surface area contributed by atoms with Crippen LogP contribution >= 0.6 is 12.4 Å². The fraction of sp³-hybridized carbons (Fsp3) is 0.467. The van der Waals surface area contributed by atoms with Crippen LogP contribution in [0.1, 0.15) is 84.5 Å². The zero-order chi connectivity index (χ0) is 29.8. The van der Waals surface area contributed by atoms with Crippen molar-refractivity contribution in [3.8, 4) is 0 Å². The summed E-state index contributed by atoms with van der Waals surface area (Å²) in [5.74, 6) is 3.03. The molecule has 0 saturated carbocycles. The number of ether oxygens (including phenoxy) is 1. The van der Waals surface area contributed by atoms with Crippen molar-refractivity contribution in [1.29, 1.82) is 0 Å². The summed E-state index contributed by atoms with van der Waals surface area (Å²) in [7, 11) is 1.40. The quantitative estimate of drug-likeness (QED) is 0.0577. The molecule has 0 aliphatic carbocycles. The molecule has 42 heavy (non-hydrogen) atoms. The van der Waals surface area contributed by atoms with Crippen LogP contribution in [0, 0.1) is 0 Å². The maximum Gasteiger partial charge on any atom is 0.305 e. The van der Waals surface area contributed by atoms with Gasteiger partial charge >= 0.3 is 5.97 Å². The summed E-state index contributed by atoms with van der Waals surface area (Å²) >= 11 is 0. The minimum absolute atomic E-state index is 0. The van der Waals surface area contributed by atoms with Gasteiger partial charge in [0.1, 0.15) is 0 Å². The second kappa shape index (κ2) is 30.4. The topological polar surface area (TPSA) is 180 Å². The van der Waals surface area contributed by atoms with Crippen LogP contribution in [-0.2, 0) is 23.9 Å². The van der Waals surface area contributed by atoms with Gasteiger partial charge in [0.15, 0.2) is 0 Å². The van der Waals surface area contributed by atoms with Gasteiger partial charge in [0.25, 0.3) is 0 Å². The first-order chi connectivity index (χ1) is 19.4. The van der Waals surface area contributed by atoms with E-state index in [1.807, 2.05) is 60.7 Å². The second-order valence-corrected chi connectivity index (χ2v) is 8.77. The molecular weight excluding hydrogens is 564 g/mol. The van der Waals surface area contributed by atoms with E-state index in [9.17, 15) is 19.2 Å². The maximum absolute atomic E-state index is 11.6. The summed E-state index contributed by atoms with van der Waals surface area (Å²) in [5.41, 5.74) is 3.24. The van der Waals surface area contributed by atoms with Crippen LogP contribution in [0.15, 0.2) is 60.7 Å². The molecule has 2 aromatic carbocycles. The molecule has 2 aromatic rings. The zero-order valence-electron chi connectivity index (χ0n) is 23.7. The number of hydrogen-bond acceptors (Lipinski definition) is 8. The number of para-hydroxylation sites is 2. The molecule has 0 spiro atoms. The van der Waals surface area contributed by atoms with Crippen molar-refractivity contribution in [2.45, 2.75) is 84.5 Å². The predicted molar refractivity (Wildman–Crippen MR) is 167 cm³/mol. The fourth-order valence-electron chi connectivity index (χ4n) is 3.48. The lowest BCUT2D eigenvalue weighted by atomic mass is 10.1. The standard InChI is InChI=1S/C15H21NO3.C14H20N2O3.CH4.ClH.H3NO/c1-19-15(18)12-8-3-2-7-11-14(17)16-13-9-5-4-6-10-13;17-13(15-12-8-4-3-5-9-12)10-6-1-2-7-11-14(18)16-19;;;1-2/h4-6,9-10H,2-3,7-8,11-12H2,1H3,(H,16,17);3-5,8-9,19H,1-2,6-7,10-11H2,(H,15,17)(H,16,18);1H4;1H;2H,1H2. The third kappa shape index (κ3) is 25.5. The average molecular weight is 613 g/mol. The lowest BCUT2D eigenvalue weighted by Crippen LogP contribution is -2.17. The number of carbonyl (C=O) groups excluding carboxylic acids is 4. The summed E-state index contributed by atoms with van der Waals surface area (Å²) in [6.45, 7) is 0. The number of carbonyl (C=O) groups is 4. The van der Waals surface area contributed by atoms with Crippen molar-refractivity contribution in [1.82, 2.24) is 5.48 Å². The van der Waals surface area contributed by atoms with Gasteiger partial charge in [-0.2, -0.15) is 0 Å². The number of hydrogen-bond donors (Lipinski definition) is 6. The minimum atomic E-state index is -0.359. The Hall–Kier alpha value is -3.51. The minimum Gasteiger partial charge on any atom is -0.469 e. The molecule has 0 aromatic heterocycles. The number of nitrogens with two attached hydrogens (primary N) is 1. The Kier molecular flexibility index (Phi) is 31.1. The van der Waals surface area contributed by atoms with E-state index in [1.165, 1.54) is 7.11 Å². The number of rotatable bonds is 16. The normalized spacial score (nSPS) is 9.14. The lowest BCUT2D eigenvalue weighted by molar-refractivity contribution is -0.140. The number of amides is 3. The van der Waals surface area contributed by atoms with Gasteiger partial charge < -0.3 is 20.6 Å². The van der Waals surface area contributed by atoms with E-state index in [0.717, 1.165) is 62.7 Å². The summed E-state index contributed by atoms with van der Waals surface area (Å²) in [6.07, 6.45) is 8.70.